The first-order chi connectivity index (χ1) is 11.1. The van der Waals surface area contributed by atoms with Crippen LogP contribution in [0.15, 0.2) is 47.2 Å². The molecule has 4 rings (SSSR count). The van der Waals surface area contributed by atoms with Crippen molar-refractivity contribution in [2.75, 3.05) is 0 Å². The molecule has 0 radical (unpaired) electrons. The van der Waals surface area contributed by atoms with E-state index in [1.165, 1.54) is 11.1 Å². The Morgan fingerprint density at radius 1 is 1.35 bits per heavy atom. The number of carbonyl (C=O) groups is 1. The lowest BCUT2D eigenvalue weighted by molar-refractivity contribution is -0.153. The molecule has 5 nitrogen and oxygen atoms in total. The molecule has 1 aromatic carbocycles. The summed E-state index contributed by atoms with van der Waals surface area (Å²) < 4.78 is 10.8. The average Bonchev–Trinajstić information content (AvgIpc) is 3.12. The van der Waals surface area contributed by atoms with E-state index in [4.69, 9.17) is 9.47 Å². The summed E-state index contributed by atoms with van der Waals surface area (Å²) >= 11 is 0. The lowest BCUT2D eigenvalue weighted by Crippen LogP contribution is -2.24. The highest BCUT2D eigenvalue weighted by Gasteiger charge is 2.44. The van der Waals surface area contributed by atoms with Gasteiger partial charge in [-0.2, -0.15) is 0 Å². The number of rotatable bonds is 2. The smallest absolute Gasteiger partial charge is 0.337 e. The van der Waals surface area contributed by atoms with Gasteiger partial charge in [-0.1, -0.05) is 24.3 Å². The number of carbonyl (C=O) groups excluding carboxylic acids is 1. The maximum absolute atomic E-state index is 11.5. The van der Waals surface area contributed by atoms with E-state index in [-0.39, 0.29) is 17.9 Å². The number of aliphatic hydroxyl groups excluding tert-OH is 1. The van der Waals surface area contributed by atoms with E-state index in [1.807, 2.05) is 19.1 Å². The fourth-order valence-corrected chi connectivity index (χ4v) is 3.61. The lowest BCUT2D eigenvalue weighted by Gasteiger charge is -2.15. The van der Waals surface area contributed by atoms with Gasteiger partial charge in [-0.25, -0.2) is 4.79 Å². The number of esters is 1. The third-order valence-electron chi connectivity index (χ3n) is 5.11. The Bertz CT molecular complexity index is 736. The topological polar surface area (TPSA) is 67.8 Å². The van der Waals surface area contributed by atoms with Crippen molar-refractivity contribution in [2.24, 2.45) is 5.92 Å². The van der Waals surface area contributed by atoms with Crippen molar-refractivity contribution in [1.82, 2.24) is 5.32 Å². The number of benzene rings is 1. The minimum Gasteiger partial charge on any atom is -0.458 e. The van der Waals surface area contributed by atoms with Crippen molar-refractivity contribution < 1.29 is 19.4 Å². The van der Waals surface area contributed by atoms with Crippen LogP contribution in [0.4, 0.5) is 0 Å². The van der Waals surface area contributed by atoms with Crippen LogP contribution in [0.5, 0.6) is 0 Å². The Balaban J connectivity index is 1.55. The number of ether oxygens (including phenoxy) is 2. The zero-order chi connectivity index (χ0) is 16.1. The molecular weight excluding hydrogens is 294 g/mol. The van der Waals surface area contributed by atoms with Gasteiger partial charge in [0.1, 0.15) is 6.23 Å². The molecule has 0 saturated carbocycles. The van der Waals surface area contributed by atoms with Gasteiger partial charge in [-0.05, 0) is 31.4 Å². The summed E-state index contributed by atoms with van der Waals surface area (Å²) in [4.78, 5) is 11.5. The van der Waals surface area contributed by atoms with E-state index in [2.05, 4.69) is 17.4 Å². The number of cyclic esters (lactones) is 1. The predicted molar refractivity (Wildman–Crippen MR) is 82.9 cm³/mol. The second-order valence-corrected chi connectivity index (χ2v) is 6.36. The van der Waals surface area contributed by atoms with E-state index in [9.17, 15) is 9.90 Å². The summed E-state index contributed by atoms with van der Waals surface area (Å²) in [6, 6.07) is 8.38. The fourth-order valence-electron chi connectivity index (χ4n) is 3.61. The number of hydrogen-bond donors (Lipinski definition) is 2. The molecule has 3 aliphatic rings. The highest BCUT2D eigenvalue weighted by Crippen LogP contribution is 2.45. The Morgan fingerprint density at radius 3 is 2.87 bits per heavy atom. The molecule has 0 aromatic heterocycles. The Labute approximate surface area is 134 Å². The highest BCUT2D eigenvalue weighted by atomic mass is 16.7. The number of aliphatic hydroxyl groups is 1. The van der Waals surface area contributed by atoms with Gasteiger partial charge in [-0.3, -0.25) is 5.32 Å². The summed E-state index contributed by atoms with van der Waals surface area (Å²) in [5, 5.41) is 13.5. The molecule has 4 atom stereocenters. The average molecular weight is 313 g/mol. The zero-order valence-electron chi connectivity index (χ0n) is 13.1. The molecular formula is C18H19NO4. The maximum atomic E-state index is 11.5. The molecule has 120 valence electrons. The molecule has 1 fully saturated rings. The standard InChI is InChI=1S/C18H19NO4/c1-9-10(2)18(23-17(9)21)22-8-14-13-7-11-5-3-4-6-12(11)15(13)19-16(14)20/h3-6,8,13,15-16,18-20H,7H2,1-2H3/b14-8+. The summed E-state index contributed by atoms with van der Waals surface area (Å²) in [5.41, 5.74) is 4.70. The van der Waals surface area contributed by atoms with Gasteiger partial charge in [0.15, 0.2) is 0 Å². The van der Waals surface area contributed by atoms with E-state index in [0.717, 1.165) is 17.6 Å². The molecule has 0 spiro atoms. The summed E-state index contributed by atoms with van der Waals surface area (Å²) in [5.74, 6) is -0.174. The van der Waals surface area contributed by atoms with Gasteiger partial charge < -0.3 is 14.6 Å². The van der Waals surface area contributed by atoms with E-state index in [0.29, 0.717) is 5.57 Å². The van der Waals surface area contributed by atoms with Crippen molar-refractivity contribution >= 4 is 5.97 Å². The molecule has 0 bridgehead atoms. The Hall–Kier alpha value is -2.11. The van der Waals surface area contributed by atoms with Crippen LogP contribution in [-0.2, 0) is 20.7 Å². The lowest BCUT2D eigenvalue weighted by atomic mass is 9.97. The second-order valence-electron chi connectivity index (χ2n) is 6.36. The van der Waals surface area contributed by atoms with Gasteiger partial charge in [0, 0.05) is 28.7 Å². The first-order valence-corrected chi connectivity index (χ1v) is 7.82. The SMILES string of the molecule is CC1=C(C)C(O/C=C2/C(O)NC3c4ccccc4CC23)OC1=O. The van der Waals surface area contributed by atoms with E-state index >= 15 is 0 Å². The fraction of sp³-hybridized carbons (Fsp3) is 0.389. The molecule has 1 saturated heterocycles. The van der Waals surface area contributed by atoms with Gasteiger partial charge in [-0.15, -0.1) is 0 Å². The van der Waals surface area contributed by atoms with Crippen molar-refractivity contribution in [3.63, 3.8) is 0 Å². The van der Waals surface area contributed by atoms with Crippen LogP contribution in [0.3, 0.4) is 0 Å². The maximum Gasteiger partial charge on any atom is 0.337 e. The summed E-state index contributed by atoms with van der Waals surface area (Å²) in [6.07, 6.45) is 1.01. The first kappa shape index (κ1) is 14.5. The molecule has 2 N–H and O–H groups in total. The largest absolute Gasteiger partial charge is 0.458 e. The van der Waals surface area contributed by atoms with Gasteiger partial charge >= 0.3 is 5.97 Å². The van der Waals surface area contributed by atoms with Crippen LogP contribution in [0.25, 0.3) is 0 Å². The Kier molecular flexibility index (Phi) is 3.28. The minimum atomic E-state index is -0.735. The number of hydrogen-bond acceptors (Lipinski definition) is 5. The highest BCUT2D eigenvalue weighted by molar-refractivity contribution is 5.91. The Morgan fingerprint density at radius 2 is 2.13 bits per heavy atom. The third-order valence-corrected chi connectivity index (χ3v) is 5.11. The normalized spacial score (nSPS) is 33.9. The summed E-state index contributed by atoms with van der Waals surface area (Å²) in [6.45, 7) is 3.55. The third kappa shape index (κ3) is 2.19. The van der Waals surface area contributed by atoms with E-state index < -0.39 is 12.5 Å². The molecule has 1 aliphatic carbocycles. The minimum absolute atomic E-state index is 0.112. The molecule has 4 unspecified atom stereocenters. The van der Waals surface area contributed by atoms with Crippen LogP contribution in [0.2, 0.25) is 0 Å². The molecule has 0 amide bonds. The van der Waals surface area contributed by atoms with Crippen molar-refractivity contribution in [3.05, 3.63) is 58.4 Å². The van der Waals surface area contributed by atoms with Gasteiger partial charge in [0.2, 0.25) is 0 Å². The molecule has 2 aliphatic heterocycles. The zero-order valence-corrected chi connectivity index (χ0v) is 13.1. The predicted octanol–water partition coefficient (Wildman–Crippen LogP) is 1.94. The monoisotopic (exact) mass is 313 g/mol. The summed E-state index contributed by atoms with van der Waals surface area (Å²) in [7, 11) is 0. The van der Waals surface area contributed by atoms with Crippen LogP contribution in [-0.4, -0.2) is 23.6 Å². The van der Waals surface area contributed by atoms with Crippen molar-refractivity contribution in [1.29, 1.82) is 0 Å². The first-order valence-electron chi connectivity index (χ1n) is 7.82. The molecule has 1 aromatic rings. The van der Waals surface area contributed by atoms with Crippen LogP contribution < -0.4 is 5.32 Å². The van der Waals surface area contributed by atoms with Crippen LogP contribution in [0, 0.1) is 5.92 Å². The second kappa shape index (κ2) is 5.22. The van der Waals surface area contributed by atoms with Gasteiger partial charge in [0.05, 0.1) is 6.26 Å². The molecule has 23 heavy (non-hydrogen) atoms. The molecule has 2 heterocycles. The molecule has 5 heteroatoms. The van der Waals surface area contributed by atoms with Crippen molar-refractivity contribution in [3.8, 4) is 0 Å². The number of fused-ring (bicyclic) bond motifs is 3. The van der Waals surface area contributed by atoms with Crippen LogP contribution >= 0.6 is 0 Å². The van der Waals surface area contributed by atoms with E-state index in [1.54, 1.807) is 13.2 Å². The quantitative estimate of drug-likeness (QED) is 0.645. The van der Waals surface area contributed by atoms with Crippen LogP contribution in [0.1, 0.15) is 31.0 Å². The van der Waals surface area contributed by atoms with Gasteiger partial charge in [0.25, 0.3) is 6.29 Å². The van der Waals surface area contributed by atoms with Crippen molar-refractivity contribution in [2.45, 2.75) is 38.8 Å². The number of nitrogens with one attached hydrogen (secondary N) is 1.